The second-order valence-electron chi connectivity index (χ2n) is 3.65. The minimum atomic E-state index is -0.702. The average molecular weight is 295 g/mol. The summed E-state index contributed by atoms with van der Waals surface area (Å²) in [6.45, 7) is 0. The van der Waals surface area contributed by atoms with E-state index in [4.69, 9.17) is 9.47 Å². The number of nitrogens with one attached hydrogen (secondary N) is 1. The number of hydrogen-bond acceptors (Lipinski definition) is 8. The third-order valence-corrected chi connectivity index (χ3v) is 2.32. The van der Waals surface area contributed by atoms with E-state index in [9.17, 15) is 14.5 Å². The molecule has 0 saturated heterocycles. The Kier molecular flexibility index (Phi) is 4.07. The molecule has 1 aromatic carbocycles. The molecule has 1 aromatic heterocycles. The SMILES string of the molecule is CNc1nc(OC)nc(Oc2cc(F)ccc2[N+](=O)[O-])n1. The Morgan fingerprint density at radius 1 is 1.29 bits per heavy atom. The first kappa shape index (κ1) is 14.4. The fourth-order valence-electron chi connectivity index (χ4n) is 1.41. The molecule has 0 radical (unpaired) electrons. The van der Waals surface area contributed by atoms with Crippen molar-refractivity contribution >= 4 is 11.6 Å². The van der Waals surface area contributed by atoms with E-state index < -0.39 is 16.4 Å². The van der Waals surface area contributed by atoms with Crippen LogP contribution in [0, 0.1) is 15.9 Å². The van der Waals surface area contributed by atoms with Crippen LogP contribution in [0.2, 0.25) is 0 Å². The maximum absolute atomic E-state index is 13.2. The van der Waals surface area contributed by atoms with Crippen molar-refractivity contribution in [3.63, 3.8) is 0 Å². The van der Waals surface area contributed by atoms with E-state index in [1.165, 1.54) is 7.11 Å². The van der Waals surface area contributed by atoms with Gasteiger partial charge in [-0.15, -0.1) is 4.98 Å². The number of nitrogens with zero attached hydrogens (tertiary/aromatic N) is 4. The van der Waals surface area contributed by atoms with Crippen molar-refractivity contribution in [2.45, 2.75) is 0 Å². The Labute approximate surface area is 117 Å². The van der Waals surface area contributed by atoms with E-state index in [0.29, 0.717) is 0 Å². The molecule has 0 amide bonds. The Balaban J connectivity index is 2.42. The Morgan fingerprint density at radius 2 is 2.00 bits per heavy atom. The van der Waals surface area contributed by atoms with Crippen molar-refractivity contribution in [3.05, 3.63) is 34.1 Å². The number of anilines is 1. The molecule has 0 bridgehead atoms. The van der Waals surface area contributed by atoms with Gasteiger partial charge in [-0.05, 0) is 6.07 Å². The van der Waals surface area contributed by atoms with Gasteiger partial charge in [-0.2, -0.15) is 9.97 Å². The zero-order chi connectivity index (χ0) is 15.4. The van der Waals surface area contributed by atoms with Crippen LogP contribution in [0.3, 0.4) is 0 Å². The molecule has 9 nitrogen and oxygen atoms in total. The number of halogens is 1. The van der Waals surface area contributed by atoms with Gasteiger partial charge in [0.25, 0.3) is 0 Å². The van der Waals surface area contributed by atoms with Crippen molar-refractivity contribution in [2.75, 3.05) is 19.5 Å². The maximum Gasteiger partial charge on any atom is 0.330 e. The molecule has 1 N–H and O–H groups in total. The van der Waals surface area contributed by atoms with Crippen molar-refractivity contribution in [3.8, 4) is 17.8 Å². The van der Waals surface area contributed by atoms with Crippen LogP contribution in [0.15, 0.2) is 18.2 Å². The van der Waals surface area contributed by atoms with Gasteiger partial charge < -0.3 is 14.8 Å². The van der Waals surface area contributed by atoms with Crippen molar-refractivity contribution in [1.82, 2.24) is 15.0 Å². The number of methoxy groups -OCH3 is 1. The summed E-state index contributed by atoms with van der Waals surface area (Å²) in [5.74, 6) is -0.878. The number of nitro groups is 1. The molecule has 0 atom stereocenters. The van der Waals surface area contributed by atoms with Gasteiger partial charge in [0.1, 0.15) is 5.82 Å². The molecule has 110 valence electrons. The molecule has 0 aliphatic carbocycles. The molecule has 0 aliphatic heterocycles. The second kappa shape index (κ2) is 5.94. The molecular formula is C11H10FN5O4. The van der Waals surface area contributed by atoms with E-state index >= 15 is 0 Å². The lowest BCUT2D eigenvalue weighted by molar-refractivity contribution is -0.385. The normalized spacial score (nSPS) is 10.0. The highest BCUT2D eigenvalue weighted by Crippen LogP contribution is 2.31. The standard InChI is InChI=1S/C11H10FN5O4/c1-13-9-14-10(20-2)16-11(15-9)21-8-5-6(12)3-4-7(8)17(18)19/h3-5H,1-2H3,(H,13,14,15,16). The van der Waals surface area contributed by atoms with Crippen LogP contribution in [0.25, 0.3) is 0 Å². The maximum atomic E-state index is 13.2. The minimum Gasteiger partial charge on any atom is -0.467 e. The van der Waals surface area contributed by atoms with Gasteiger partial charge in [-0.1, -0.05) is 0 Å². The molecule has 0 fully saturated rings. The van der Waals surface area contributed by atoms with Crippen molar-refractivity contribution in [1.29, 1.82) is 0 Å². The van der Waals surface area contributed by atoms with Gasteiger partial charge >= 0.3 is 17.7 Å². The van der Waals surface area contributed by atoms with Crippen LogP contribution in [-0.2, 0) is 0 Å². The van der Waals surface area contributed by atoms with Crippen LogP contribution < -0.4 is 14.8 Å². The Morgan fingerprint density at radius 3 is 2.62 bits per heavy atom. The van der Waals surface area contributed by atoms with Gasteiger partial charge in [-0.25, -0.2) is 4.39 Å². The number of nitro benzene ring substituents is 1. The fourth-order valence-corrected chi connectivity index (χ4v) is 1.41. The highest BCUT2D eigenvalue weighted by molar-refractivity contribution is 5.47. The average Bonchev–Trinajstić information content (AvgIpc) is 2.46. The first-order valence-electron chi connectivity index (χ1n) is 5.63. The molecule has 21 heavy (non-hydrogen) atoms. The zero-order valence-electron chi connectivity index (χ0n) is 11.0. The van der Waals surface area contributed by atoms with Gasteiger partial charge in [0.05, 0.1) is 12.0 Å². The Hall–Kier alpha value is -3.04. The molecule has 0 spiro atoms. The summed E-state index contributed by atoms with van der Waals surface area (Å²) < 4.78 is 23.2. The van der Waals surface area contributed by atoms with Crippen molar-refractivity contribution < 1.29 is 18.8 Å². The van der Waals surface area contributed by atoms with Crippen LogP contribution in [0.4, 0.5) is 16.0 Å². The summed E-state index contributed by atoms with van der Waals surface area (Å²) in [7, 11) is 2.90. The van der Waals surface area contributed by atoms with Crippen molar-refractivity contribution in [2.24, 2.45) is 0 Å². The largest absolute Gasteiger partial charge is 0.467 e. The quantitative estimate of drug-likeness (QED) is 0.655. The number of rotatable bonds is 5. The molecule has 10 heteroatoms. The monoisotopic (exact) mass is 295 g/mol. The van der Waals surface area contributed by atoms with Gasteiger partial charge in [0.15, 0.2) is 0 Å². The van der Waals surface area contributed by atoms with E-state index in [2.05, 4.69) is 20.3 Å². The lowest BCUT2D eigenvalue weighted by atomic mass is 10.3. The first-order chi connectivity index (χ1) is 10.0. The smallest absolute Gasteiger partial charge is 0.330 e. The molecule has 1 heterocycles. The molecule has 2 aromatic rings. The molecule has 0 aliphatic rings. The molecular weight excluding hydrogens is 285 g/mol. The Bertz CT molecular complexity index is 659. The third kappa shape index (κ3) is 3.29. The second-order valence-corrected chi connectivity index (χ2v) is 3.65. The van der Waals surface area contributed by atoms with Crippen LogP contribution in [-0.4, -0.2) is 34.0 Å². The molecule has 0 unspecified atom stereocenters. The van der Waals surface area contributed by atoms with Gasteiger partial charge in [0.2, 0.25) is 11.7 Å². The molecule has 0 saturated carbocycles. The van der Waals surface area contributed by atoms with E-state index in [-0.39, 0.29) is 23.7 Å². The van der Waals surface area contributed by atoms with Crippen LogP contribution in [0.5, 0.6) is 17.8 Å². The highest BCUT2D eigenvalue weighted by atomic mass is 19.1. The topological polar surface area (TPSA) is 112 Å². The van der Waals surface area contributed by atoms with Gasteiger partial charge in [0, 0.05) is 19.2 Å². The van der Waals surface area contributed by atoms with Gasteiger partial charge in [-0.3, -0.25) is 10.1 Å². The third-order valence-electron chi connectivity index (χ3n) is 2.32. The first-order valence-corrected chi connectivity index (χ1v) is 5.63. The predicted octanol–water partition coefficient (Wildman–Crippen LogP) is 1.76. The lowest BCUT2D eigenvalue weighted by Gasteiger charge is -2.07. The summed E-state index contributed by atoms with van der Waals surface area (Å²) in [4.78, 5) is 21.6. The van der Waals surface area contributed by atoms with E-state index in [0.717, 1.165) is 18.2 Å². The number of hydrogen-bond donors (Lipinski definition) is 1. The summed E-state index contributed by atoms with van der Waals surface area (Å²) in [5.41, 5.74) is -0.415. The summed E-state index contributed by atoms with van der Waals surface area (Å²) in [6.07, 6.45) is 0. The number of aromatic nitrogens is 3. The summed E-state index contributed by atoms with van der Waals surface area (Å²) in [6, 6.07) is 2.50. The number of benzene rings is 1. The molecule has 2 rings (SSSR count). The van der Waals surface area contributed by atoms with Crippen LogP contribution in [0.1, 0.15) is 0 Å². The minimum absolute atomic E-state index is 0.0524. The zero-order valence-corrected chi connectivity index (χ0v) is 11.0. The fraction of sp³-hybridized carbons (Fsp3) is 0.182. The lowest BCUT2D eigenvalue weighted by Crippen LogP contribution is -2.04. The predicted molar refractivity (Wildman–Crippen MR) is 69.1 cm³/mol. The summed E-state index contributed by atoms with van der Waals surface area (Å²) in [5, 5.41) is 13.5. The summed E-state index contributed by atoms with van der Waals surface area (Å²) >= 11 is 0. The van der Waals surface area contributed by atoms with E-state index in [1.807, 2.05) is 0 Å². The number of ether oxygens (including phenoxy) is 2. The highest BCUT2D eigenvalue weighted by Gasteiger charge is 2.18. The van der Waals surface area contributed by atoms with Crippen LogP contribution >= 0.6 is 0 Å². The van der Waals surface area contributed by atoms with E-state index in [1.54, 1.807) is 7.05 Å².